The highest BCUT2D eigenvalue weighted by molar-refractivity contribution is 5.18. The zero-order valence-corrected chi connectivity index (χ0v) is 11.9. The van der Waals surface area contributed by atoms with Crippen LogP contribution >= 0.6 is 0 Å². The first kappa shape index (κ1) is 13.6. The quantitative estimate of drug-likeness (QED) is 0.877. The predicted molar refractivity (Wildman–Crippen MR) is 77.7 cm³/mol. The van der Waals surface area contributed by atoms with E-state index in [-0.39, 0.29) is 0 Å². The van der Waals surface area contributed by atoms with Gasteiger partial charge < -0.3 is 5.32 Å². The molecular formula is C16H26N2. The highest BCUT2D eigenvalue weighted by Crippen LogP contribution is 2.28. The largest absolute Gasteiger partial charge is 0.317 e. The second-order valence-corrected chi connectivity index (χ2v) is 5.61. The third-order valence-electron chi connectivity index (χ3n) is 4.06. The molecule has 2 nitrogen and oxygen atoms in total. The van der Waals surface area contributed by atoms with E-state index in [2.05, 4.69) is 61.3 Å². The molecule has 0 aliphatic carbocycles. The average Bonchev–Trinajstić information content (AvgIpc) is 2.40. The van der Waals surface area contributed by atoms with E-state index in [9.17, 15) is 0 Å². The number of piperidine rings is 1. The zero-order valence-electron chi connectivity index (χ0n) is 11.9. The van der Waals surface area contributed by atoms with Gasteiger partial charge in [-0.1, -0.05) is 30.3 Å². The van der Waals surface area contributed by atoms with Crippen molar-refractivity contribution in [1.29, 1.82) is 0 Å². The molecule has 0 spiro atoms. The molecule has 1 aliphatic rings. The van der Waals surface area contributed by atoms with Crippen LogP contribution in [0.3, 0.4) is 0 Å². The Labute approximate surface area is 111 Å². The lowest BCUT2D eigenvalue weighted by Crippen LogP contribution is -2.47. The van der Waals surface area contributed by atoms with Crippen LogP contribution in [0.25, 0.3) is 0 Å². The lowest BCUT2D eigenvalue weighted by Gasteiger charge is -2.41. The molecule has 1 N–H and O–H groups in total. The highest BCUT2D eigenvalue weighted by atomic mass is 15.2. The van der Waals surface area contributed by atoms with Gasteiger partial charge in [-0.05, 0) is 52.3 Å². The van der Waals surface area contributed by atoms with Gasteiger partial charge in [0.1, 0.15) is 0 Å². The number of nitrogens with one attached hydrogen (secondary N) is 1. The zero-order chi connectivity index (χ0) is 13.0. The lowest BCUT2D eigenvalue weighted by atomic mass is 9.97. The summed E-state index contributed by atoms with van der Waals surface area (Å²) in [5.74, 6) is 0. The second kappa shape index (κ2) is 6.35. The molecule has 0 amide bonds. The van der Waals surface area contributed by atoms with Crippen molar-refractivity contribution in [3.8, 4) is 0 Å². The van der Waals surface area contributed by atoms with E-state index in [4.69, 9.17) is 0 Å². The van der Waals surface area contributed by atoms with Crippen LogP contribution < -0.4 is 5.32 Å². The fourth-order valence-electron chi connectivity index (χ4n) is 3.19. The fourth-order valence-corrected chi connectivity index (χ4v) is 3.19. The molecule has 0 aromatic heterocycles. The van der Waals surface area contributed by atoms with Gasteiger partial charge in [-0.15, -0.1) is 0 Å². The van der Waals surface area contributed by atoms with Gasteiger partial charge >= 0.3 is 0 Å². The van der Waals surface area contributed by atoms with Gasteiger partial charge in [0.25, 0.3) is 0 Å². The normalized spacial score (nSPS) is 19.4. The molecule has 1 unspecified atom stereocenters. The second-order valence-electron chi connectivity index (χ2n) is 5.61. The molecule has 1 saturated heterocycles. The lowest BCUT2D eigenvalue weighted by molar-refractivity contribution is 0.0822. The number of rotatable bonds is 4. The fraction of sp³-hybridized carbons (Fsp3) is 0.625. The first-order valence-electron chi connectivity index (χ1n) is 7.23. The van der Waals surface area contributed by atoms with E-state index in [1.807, 2.05) is 0 Å². The summed E-state index contributed by atoms with van der Waals surface area (Å²) in [5.41, 5.74) is 1.43. The Morgan fingerprint density at radius 2 is 1.67 bits per heavy atom. The van der Waals surface area contributed by atoms with Crippen LogP contribution in [-0.4, -0.2) is 30.1 Å². The monoisotopic (exact) mass is 246 g/mol. The van der Waals surface area contributed by atoms with E-state index >= 15 is 0 Å². The van der Waals surface area contributed by atoms with Crippen molar-refractivity contribution in [2.45, 2.75) is 51.7 Å². The summed E-state index contributed by atoms with van der Waals surface area (Å²) in [6.45, 7) is 9.31. The minimum Gasteiger partial charge on any atom is -0.317 e. The number of nitrogens with zero attached hydrogens (tertiary/aromatic N) is 1. The highest BCUT2D eigenvalue weighted by Gasteiger charge is 2.27. The third-order valence-corrected chi connectivity index (χ3v) is 4.06. The molecule has 2 heteroatoms. The van der Waals surface area contributed by atoms with Gasteiger partial charge in [-0.2, -0.15) is 0 Å². The van der Waals surface area contributed by atoms with Gasteiger partial charge in [0, 0.05) is 18.1 Å². The molecular weight excluding hydrogens is 220 g/mol. The Kier molecular flexibility index (Phi) is 4.79. The number of benzene rings is 1. The van der Waals surface area contributed by atoms with Crippen LogP contribution in [0.5, 0.6) is 0 Å². The van der Waals surface area contributed by atoms with Crippen LogP contribution in [0.15, 0.2) is 30.3 Å². The molecule has 0 saturated carbocycles. The van der Waals surface area contributed by atoms with Crippen LogP contribution in [-0.2, 0) is 0 Å². The van der Waals surface area contributed by atoms with Crippen molar-refractivity contribution in [2.24, 2.45) is 0 Å². The van der Waals surface area contributed by atoms with Crippen molar-refractivity contribution in [2.75, 3.05) is 13.1 Å². The molecule has 0 bridgehead atoms. The molecule has 100 valence electrons. The minimum absolute atomic E-state index is 0.509. The molecule has 1 atom stereocenters. The van der Waals surface area contributed by atoms with Gasteiger partial charge in [-0.3, -0.25) is 4.90 Å². The van der Waals surface area contributed by atoms with Crippen LogP contribution in [0, 0.1) is 0 Å². The van der Waals surface area contributed by atoms with Gasteiger partial charge in [0.05, 0.1) is 0 Å². The van der Waals surface area contributed by atoms with E-state index in [1.54, 1.807) is 0 Å². The van der Waals surface area contributed by atoms with E-state index < -0.39 is 0 Å². The molecule has 18 heavy (non-hydrogen) atoms. The summed E-state index contributed by atoms with van der Waals surface area (Å²) in [7, 11) is 0. The molecule has 1 fully saturated rings. The third kappa shape index (κ3) is 3.12. The smallest absolute Gasteiger partial charge is 0.0325 e. The summed E-state index contributed by atoms with van der Waals surface area (Å²) in [4.78, 5) is 2.69. The molecule has 1 heterocycles. The number of hydrogen-bond acceptors (Lipinski definition) is 2. The first-order chi connectivity index (χ1) is 8.70. The summed E-state index contributed by atoms with van der Waals surface area (Å²) >= 11 is 0. The Bertz CT molecular complexity index is 341. The Balaban J connectivity index is 2.14. The maximum atomic E-state index is 3.46. The van der Waals surface area contributed by atoms with Crippen LogP contribution in [0.4, 0.5) is 0 Å². The topological polar surface area (TPSA) is 15.3 Å². The van der Waals surface area contributed by atoms with Crippen molar-refractivity contribution in [3.63, 3.8) is 0 Å². The van der Waals surface area contributed by atoms with Crippen molar-refractivity contribution < 1.29 is 0 Å². The Hall–Kier alpha value is -0.860. The van der Waals surface area contributed by atoms with Gasteiger partial charge in [0.2, 0.25) is 0 Å². The summed E-state index contributed by atoms with van der Waals surface area (Å²) in [6.07, 6.45) is 2.55. The van der Waals surface area contributed by atoms with Gasteiger partial charge in [0.15, 0.2) is 0 Å². The maximum Gasteiger partial charge on any atom is 0.0325 e. The Morgan fingerprint density at radius 3 is 2.22 bits per heavy atom. The minimum atomic E-state index is 0.509. The molecule has 1 aromatic rings. The Morgan fingerprint density at radius 1 is 1.06 bits per heavy atom. The standard InChI is InChI=1S/C16H26N2/c1-13(2)18(16-9-11-17-12-10-16)14(3)15-7-5-4-6-8-15/h4-8,13-14,16-17H,9-12H2,1-3H3. The molecule has 1 aliphatic heterocycles. The van der Waals surface area contributed by atoms with E-state index in [1.165, 1.54) is 18.4 Å². The molecule has 0 radical (unpaired) electrons. The van der Waals surface area contributed by atoms with Crippen molar-refractivity contribution in [1.82, 2.24) is 10.2 Å². The van der Waals surface area contributed by atoms with Crippen molar-refractivity contribution in [3.05, 3.63) is 35.9 Å². The SMILES string of the molecule is CC(C)N(C1CCNCC1)C(C)c1ccccc1. The molecule has 1 aromatic carbocycles. The first-order valence-corrected chi connectivity index (χ1v) is 7.23. The summed E-state index contributed by atoms with van der Waals surface area (Å²) in [5, 5.41) is 3.46. The molecule has 2 rings (SSSR count). The number of hydrogen-bond donors (Lipinski definition) is 1. The van der Waals surface area contributed by atoms with Gasteiger partial charge in [-0.25, -0.2) is 0 Å². The average molecular weight is 246 g/mol. The summed E-state index contributed by atoms with van der Waals surface area (Å²) in [6, 6.07) is 12.7. The maximum absolute atomic E-state index is 3.46. The van der Waals surface area contributed by atoms with Crippen molar-refractivity contribution >= 4 is 0 Å². The van der Waals surface area contributed by atoms with Crippen LogP contribution in [0.1, 0.15) is 45.2 Å². The van der Waals surface area contributed by atoms with E-state index in [0.717, 1.165) is 19.1 Å². The van der Waals surface area contributed by atoms with E-state index in [0.29, 0.717) is 12.1 Å². The van der Waals surface area contributed by atoms with Crippen LogP contribution in [0.2, 0.25) is 0 Å². The predicted octanol–water partition coefficient (Wildman–Crippen LogP) is 3.21. The summed E-state index contributed by atoms with van der Waals surface area (Å²) < 4.78 is 0.